The number of hydrogen-bond donors (Lipinski definition) is 2. The van der Waals surface area contributed by atoms with Crippen molar-refractivity contribution < 1.29 is 19.8 Å². The number of carbonyl (C=O) groups is 1. The average molecular weight is 398 g/mol. The molecule has 1 aliphatic rings. The summed E-state index contributed by atoms with van der Waals surface area (Å²) in [7, 11) is 0. The number of rotatable bonds is 6. The van der Waals surface area contributed by atoms with Gasteiger partial charge in [0.05, 0.1) is 0 Å². The van der Waals surface area contributed by atoms with Crippen molar-refractivity contribution in [1.82, 2.24) is 4.73 Å². The maximum absolute atomic E-state index is 11.9. The Morgan fingerprint density at radius 1 is 1.14 bits per heavy atom. The molecule has 1 aromatic rings. The summed E-state index contributed by atoms with van der Waals surface area (Å²) in [6, 6.07) is 2.46. The van der Waals surface area contributed by atoms with Gasteiger partial charge >= 0.3 is 5.97 Å². The van der Waals surface area contributed by atoms with E-state index in [9.17, 15) is 15.0 Å². The summed E-state index contributed by atoms with van der Waals surface area (Å²) in [6.07, 6.45) is 14.9. The second kappa shape index (κ2) is 9.50. The first-order chi connectivity index (χ1) is 13.6. The molecule has 0 saturated heterocycles. The first kappa shape index (κ1) is 22.3. The van der Waals surface area contributed by atoms with E-state index in [4.69, 9.17) is 4.84 Å². The third-order valence-electron chi connectivity index (χ3n) is 5.10. The fourth-order valence-electron chi connectivity index (χ4n) is 3.48. The third kappa shape index (κ3) is 6.28. The van der Waals surface area contributed by atoms with Gasteiger partial charge in [0.25, 0.3) is 0 Å². The minimum Gasteiger partial charge on any atom is -0.492 e. The molecule has 5 nitrogen and oxygen atoms in total. The number of aromatic nitrogens is 1. The number of nitrogens with zero attached hydrogens (tertiary/aromatic N) is 1. The van der Waals surface area contributed by atoms with Crippen LogP contribution in [0.5, 0.6) is 11.8 Å². The summed E-state index contributed by atoms with van der Waals surface area (Å²) < 4.78 is 0.661. The van der Waals surface area contributed by atoms with Crippen LogP contribution in [0.1, 0.15) is 53.9 Å². The highest BCUT2D eigenvalue weighted by Gasteiger charge is 2.26. The molecule has 156 valence electrons. The van der Waals surface area contributed by atoms with Crippen molar-refractivity contribution in [2.75, 3.05) is 0 Å². The molecule has 0 bridgehead atoms. The lowest BCUT2D eigenvalue weighted by molar-refractivity contribution is -0.139. The molecule has 1 aliphatic carbocycles. The maximum Gasteiger partial charge on any atom is 0.357 e. The van der Waals surface area contributed by atoms with Gasteiger partial charge in [-0.25, -0.2) is 4.79 Å². The molecule has 0 amide bonds. The van der Waals surface area contributed by atoms with Gasteiger partial charge in [0.15, 0.2) is 0 Å². The van der Waals surface area contributed by atoms with Crippen molar-refractivity contribution in [3.05, 3.63) is 70.9 Å². The Hall–Kier alpha value is -2.95. The van der Waals surface area contributed by atoms with Crippen LogP contribution in [0.15, 0.2) is 70.9 Å². The van der Waals surface area contributed by atoms with E-state index in [0.29, 0.717) is 10.3 Å². The highest BCUT2D eigenvalue weighted by Crippen LogP contribution is 2.40. The maximum atomic E-state index is 11.9. The molecular formula is C24H31NO4. The molecule has 5 heteroatoms. The quantitative estimate of drug-likeness (QED) is 0.499. The van der Waals surface area contributed by atoms with E-state index in [-0.39, 0.29) is 17.2 Å². The van der Waals surface area contributed by atoms with Gasteiger partial charge in [-0.2, -0.15) is 0 Å². The summed E-state index contributed by atoms with van der Waals surface area (Å²) in [4.78, 5) is 16.8. The number of carbonyl (C=O) groups excluding carboxylic acids is 1. The van der Waals surface area contributed by atoms with Gasteiger partial charge in [0, 0.05) is 18.2 Å². The van der Waals surface area contributed by atoms with Crippen LogP contribution in [-0.4, -0.2) is 20.9 Å². The molecule has 2 N–H and O–H groups in total. The Bertz CT molecular complexity index is 888. The zero-order valence-electron chi connectivity index (χ0n) is 17.9. The van der Waals surface area contributed by atoms with Crippen LogP contribution in [0.3, 0.4) is 0 Å². The SMILES string of the molecule is CC(C=CC1=C(C)CCCC1(C)C)=CC=CC(C)=CC(=O)On1c(O)ccc1O. The van der Waals surface area contributed by atoms with Crippen LogP contribution >= 0.6 is 0 Å². The lowest BCUT2D eigenvalue weighted by Crippen LogP contribution is -2.19. The number of allylic oxidation sites excluding steroid dienone is 9. The van der Waals surface area contributed by atoms with Crippen molar-refractivity contribution in [2.24, 2.45) is 5.41 Å². The van der Waals surface area contributed by atoms with Crippen molar-refractivity contribution in [2.45, 2.75) is 53.9 Å². The van der Waals surface area contributed by atoms with Crippen LogP contribution in [0.4, 0.5) is 0 Å². The molecule has 1 aromatic heterocycles. The Labute approximate surface area is 173 Å². The van der Waals surface area contributed by atoms with Crippen LogP contribution < -0.4 is 4.84 Å². The highest BCUT2D eigenvalue weighted by molar-refractivity contribution is 5.83. The van der Waals surface area contributed by atoms with E-state index in [1.165, 1.54) is 48.6 Å². The van der Waals surface area contributed by atoms with E-state index < -0.39 is 5.97 Å². The number of aromatic hydroxyl groups is 2. The standard InChI is InChI=1S/C24H31NO4/c1-17(11-12-20-19(3)10-7-15-24(20,4)5)8-6-9-18(2)16-23(28)29-25-21(26)13-14-22(25)27/h6,8-9,11-14,16,26-27H,7,10,15H2,1-5H3. The van der Waals surface area contributed by atoms with Gasteiger partial charge in [-0.05, 0) is 56.6 Å². The zero-order chi connectivity index (χ0) is 21.6. The predicted octanol–water partition coefficient (Wildman–Crippen LogP) is 5.39. The van der Waals surface area contributed by atoms with Crippen molar-refractivity contribution in [3.63, 3.8) is 0 Å². The van der Waals surface area contributed by atoms with E-state index in [0.717, 1.165) is 5.57 Å². The molecule has 1 heterocycles. The second-order valence-electron chi connectivity index (χ2n) is 8.18. The Morgan fingerprint density at radius 3 is 2.41 bits per heavy atom. The van der Waals surface area contributed by atoms with Gasteiger partial charge in [-0.15, -0.1) is 4.73 Å². The molecule has 0 unspecified atom stereocenters. The van der Waals surface area contributed by atoms with Crippen LogP contribution in [0.25, 0.3) is 0 Å². The summed E-state index contributed by atoms with van der Waals surface area (Å²) in [5.74, 6) is -1.40. The van der Waals surface area contributed by atoms with Gasteiger partial charge in [-0.1, -0.05) is 55.4 Å². The minimum atomic E-state index is -0.698. The molecule has 0 saturated carbocycles. The normalized spacial score (nSPS) is 18.1. The first-order valence-electron chi connectivity index (χ1n) is 9.84. The van der Waals surface area contributed by atoms with Gasteiger partial charge in [0.2, 0.25) is 11.8 Å². The fourth-order valence-corrected chi connectivity index (χ4v) is 3.48. The van der Waals surface area contributed by atoms with Crippen LogP contribution in [-0.2, 0) is 4.79 Å². The molecule has 2 rings (SSSR count). The zero-order valence-corrected chi connectivity index (χ0v) is 17.9. The second-order valence-corrected chi connectivity index (χ2v) is 8.18. The van der Waals surface area contributed by atoms with E-state index in [2.05, 4.69) is 32.9 Å². The smallest absolute Gasteiger partial charge is 0.357 e. The highest BCUT2D eigenvalue weighted by atomic mass is 16.7. The van der Waals surface area contributed by atoms with Gasteiger partial charge < -0.3 is 15.1 Å². The van der Waals surface area contributed by atoms with E-state index in [1.807, 2.05) is 19.1 Å². The molecule has 0 spiro atoms. The van der Waals surface area contributed by atoms with Crippen molar-refractivity contribution >= 4 is 5.97 Å². The van der Waals surface area contributed by atoms with E-state index >= 15 is 0 Å². The summed E-state index contributed by atoms with van der Waals surface area (Å²) in [6.45, 7) is 10.6. The topological polar surface area (TPSA) is 71.7 Å². The molecule has 0 aliphatic heterocycles. The lowest BCUT2D eigenvalue weighted by atomic mass is 9.72. The summed E-state index contributed by atoms with van der Waals surface area (Å²) in [5, 5.41) is 19.0. The molecule has 0 atom stereocenters. The number of hydrogen-bond acceptors (Lipinski definition) is 4. The van der Waals surface area contributed by atoms with Gasteiger partial charge in [0.1, 0.15) is 0 Å². The summed E-state index contributed by atoms with van der Waals surface area (Å²) >= 11 is 0. The van der Waals surface area contributed by atoms with Crippen LogP contribution in [0, 0.1) is 5.41 Å². The van der Waals surface area contributed by atoms with Crippen molar-refractivity contribution in [1.29, 1.82) is 0 Å². The molecule has 0 radical (unpaired) electrons. The van der Waals surface area contributed by atoms with Crippen molar-refractivity contribution in [3.8, 4) is 11.8 Å². The Morgan fingerprint density at radius 2 is 1.79 bits per heavy atom. The average Bonchev–Trinajstić information content (AvgIpc) is 2.92. The van der Waals surface area contributed by atoms with Crippen LogP contribution in [0.2, 0.25) is 0 Å². The monoisotopic (exact) mass is 397 g/mol. The van der Waals surface area contributed by atoms with Gasteiger partial charge in [-0.3, -0.25) is 0 Å². The third-order valence-corrected chi connectivity index (χ3v) is 5.10. The Balaban J connectivity index is 1.99. The fraction of sp³-hybridized carbons (Fsp3) is 0.375. The molecular weight excluding hydrogens is 366 g/mol. The minimum absolute atomic E-state index is 0.219. The molecule has 0 fully saturated rings. The molecule has 29 heavy (non-hydrogen) atoms. The Kier molecular flexibility index (Phi) is 7.32. The first-order valence-corrected chi connectivity index (χ1v) is 9.84. The lowest BCUT2D eigenvalue weighted by Gasteiger charge is -2.32. The predicted molar refractivity (Wildman–Crippen MR) is 115 cm³/mol. The van der Waals surface area contributed by atoms with E-state index in [1.54, 1.807) is 13.0 Å². The summed E-state index contributed by atoms with van der Waals surface area (Å²) in [5.41, 5.74) is 4.91. The molecule has 0 aromatic carbocycles. The largest absolute Gasteiger partial charge is 0.492 e.